The van der Waals surface area contributed by atoms with Gasteiger partial charge in [-0.05, 0) is 37.1 Å². The van der Waals surface area contributed by atoms with Gasteiger partial charge in [0.2, 0.25) is 5.91 Å². The molecule has 3 rings (SSSR count). The summed E-state index contributed by atoms with van der Waals surface area (Å²) in [7, 11) is 0. The van der Waals surface area contributed by atoms with Crippen LogP contribution in [0.25, 0.3) is 0 Å². The van der Waals surface area contributed by atoms with Crippen LogP contribution in [0.15, 0.2) is 39.6 Å². The van der Waals surface area contributed by atoms with Crippen molar-refractivity contribution in [1.29, 1.82) is 0 Å². The number of rotatable bonds is 6. The number of likely N-dealkylation sites (tertiary alicyclic amines) is 1. The zero-order valence-electron chi connectivity index (χ0n) is 13.9. The highest BCUT2D eigenvalue weighted by molar-refractivity contribution is 5.76. The van der Waals surface area contributed by atoms with Crippen LogP contribution in [0.2, 0.25) is 0 Å². The number of aromatic amines is 1. The third-order valence-electron chi connectivity index (χ3n) is 4.33. The van der Waals surface area contributed by atoms with Gasteiger partial charge in [-0.15, -0.1) is 0 Å². The number of halogens is 1. The average Bonchev–Trinajstić information content (AvgIpc) is 3.05. The van der Waals surface area contributed by atoms with E-state index in [9.17, 15) is 14.0 Å². The fraction of sp³-hybridized carbons (Fsp3) is 0.444. The maximum absolute atomic E-state index is 12.9. The van der Waals surface area contributed by atoms with Crippen molar-refractivity contribution in [2.75, 3.05) is 19.7 Å². The van der Waals surface area contributed by atoms with Gasteiger partial charge in [-0.1, -0.05) is 0 Å². The van der Waals surface area contributed by atoms with Crippen molar-refractivity contribution < 1.29 is 18.4 Å². The van der Waals surface area contributed by atoms with Gasteiger partial charge in [0.1, 0.15) is 17.3 Å². The minimum Gasteiger partial charge on any atom is -0.493 e. The maximum Gasteiger partial charge on any atom is 0.280 e. The summed E-state index contributed by atoms with van der Waals surface area (Å²) in [6.07, 6.45) is 2.65. The molecule has 7 heteroatoms. The van der Waals surface area contributed by atoms with E-state index in [1.807, 2.05) is 4.90 Å². The van der Waals surface area contributed by atoms with Gasteiger partial charge in [-0.25, -0.2) is 4.39 Å². The summed E-state index contributed by atoms with van der Waals surface area (Å²) in [5, 5.41) is 2.22. The molecule has 1 fully saturated rings. The second kappa shape index (κ2) is 8.00. The summed E-state index contributed by atoms with van der Waals surface area (Å²) in [6.45, 7) is 1.89. The number of aryl methyl sites for hydroxylation is 1. The molecule has 0 radical (unpaired) electrons. The normalized spacial score (nSPS) is 17.5. The lowest BCUT2D eigenvalue weighted by Crippen LogP contribution is -2.41. The fourth-order valence-electron chi connectivity index (χ4n) is 3.00. The van der Waals surface area contributed by atoms with E-state index in [1.165, 1.54) is 18.2 Å². The first-order valence-corrected chi connectivity index (χ1v) is 8.43. The first-order chi connectivity index (χ1) is 12.1. The number of carbonyl (C=O) groups excluding carboxylic acids is 1. The van der Waals surface area contributed by atoms with Crippen molar-refractivity contribution >= 4 is 5.91 Å². The fourth-order valence-corrected chi connectivity index (χ4v) is 3.00. The molecule has 0 unspecified atom stereocenters. The summed E-state index contributed by atoms with van der Waals surface area (Å²) in [4.78, 5) is 25.2. The van der Waals surface area contributed by atoms with Crippen molar-refractivity contribution in [3.8, 4) is 5.75 Å². The summed E-state index contributed by atoms with van der Waals surface area (Å²) in [5.41, 5.74) is -0.293. The van der Waals surface area contributed by atoms with Gasteiger partial charge in [0.05, 0.1) is 6.61 Å². The second-order valence-corrected chi connectivity index (χ2v) is 6.29. The van der Waals surface area contributed by atoms with Crippen molar-refractivity contribution in [3.63, 3.8) is 0 Å². The number of benzene rings is 1. The Hall–Kier alpha value is -2.57. The Kier molecular flexibility index (Phi) is 5.53. The maximum atomic E-state index is 12.9. The predicted molar refractivity (Wildman–Crippen MR) is 88.8 cm³/mol. The highest BCUT2D eigenvalue weighted by Gasteiger charge is 2.24. The predicted octanol–water partition coefficient (Wildman–Crippen LogP) is 2.36. The zero-order chi connectivity index (χ0) is 17.6. The third kappa shape index (κ3) is 4.95. The van der Waals surface area contributed by atoms with Crippen LogP contribution >= 0.6 is 0 Å². The first kappa shape index (κ1) is 17.3. The Morgan fingerprint density at radius 1 is 1.36 bits per heavy atom. The van der Waals surface area contributed by atoms with E-state index in [4.69, 9.17) is 9.26 Å². The Balaban J connectivity index is 1.45. The zero-order valence-corrected chi connectivity index (χ0v) is 13.9. The molecule has 1 saturated heterocycles. The summed E-state index contributed by atoms with van der Waals surface area (Å²) >= 11 is 0. The van der Waals surface area contributed by atoms with Gasteiger partial charge in [0.15, 0.2) is 0 Å². The number of nitrogens with zero attached hydrogens (tertiary/aromatic N) is 1. The molecule has 2 aromatic rings. The third-order valence-corrected chi connectivity index (χ3v) is 4.33. The van der Waals surface area contributed by atoms with Crippen LogP contribution in [0, 0.1) is 11.7 Å². The monoisotopic (exact) mass is 348 g/mol. The van der Waals surface area contributed by atoms with Crippen molar-refractivity contribution in [3.05, 3.63) is 52.3 Å². The van der Waals surface area contributed by atoms with Gasteiger partial charge >= 0.3 is 0 Å². The first-order valence-electron chi connectivity index (χ1n) is 8.43. The lowest BCUT2D eigenvalue weighted by molar-refractivity contribution is -0.133. The smallest absolute Gasteiger partial charge is 0.280 e. The number of ether oxygens (including phenoxy) is 1. The van der Waals surface area contributed by atoms with E-state index in [1.54, 1.807) is 12.1 Å². The van der Waals surface area contributed by atoms with E-state index in [0.29, 0.717) is 37.5 Å². The summed E-state index contributed by atoms with van der Waals surface area (Å²) in [6, 6.07) is 7.30. The molecule has 2 heterocycles. The molecule has 134 valence electrons. The Morgan fingerprint density at radius 3 is 2.88 bits per heavy atom. The molecule has 1 aromatic carbocycles. The highest BCUT2D eigenvalue weighted by Crippen LogP contribution is 2.20. The molecule has 1 aliphatic heterocycles. The Morgan fingerprint density at radius 2 is 2.16 bits per heavy atom. The van der Waals surface area contributed by atoms with Gasteiger partial charge in [-0.3, -0.25) is 9.59 Å². The minimum absolute atomic E-state index is 0.0512. The second-order valence-electron chi connectivity index (χ2n) is 6.29. The molecule has 6 nitrogen and oxygen atoms in total. The van der Waals surface area contributed by atoms with Gasteiger partial charge in [0, 0.05) is 37.9 Å². The molecule has 0 saturated carbocycles. The molecule has 1 atom stereocenters. The van der Waals surface area contributed by atoms with Crippen LogP contribution in [0.1, 0.15) is 25.0 Å². The van der Waals surface area contributed by atoms with E-state index in [2.05, 4.69) is 5.16 Å². The number of amides is 1. The number of aromatic nitrogens is 1. The highest BCUT2D eigenvalue weighted by atomic mass is 19.1. The molecule has 1 aromatic heterocycles. The lowest BCUT2D eigenvalue weighted by Gasteiger charge is -2.32. The molecular weight excluding hydrogens is 327 g/mol. The molecule has 0 spiro atoms. The largest absolute Gasteiger partial charge is 0.493 e. The van der Waals surface area contributed by atoms with E-state index in [0.717, 1.165) is 19.4 Å². The van der Waals surface area contributed by atoms with Crippen LogP contribution in [0.3, 0.4) is 0 Å². The SMILES string of the molecule is O=C(CCc1cc(=O)[nH]o1)N1CCC[C@H](COc2ccc(F)cc2)C1. The van der Waals surface area contributed by atoms with E-state index in [-0.39, 0.29) is 23.2 Å². The number of nitrogens with one attached hydrogen (secondary N) is 1. The van der Waals surface area contributed by atoms with E-state index < -0.39 is 0 Å². The summed E-state index contributed by atoms with van der Waals surface area (Å²) in [5.74, 6) is 1.14. The summed E-state index contributed by atoms with van der Waals surface area (Å²) < 4.78 is 23.6. The van der Waals surface area contributed by atoms with Crippen molar-refractivity contribution in [2.45, 2.75) is 25.7 Å². The lowest BCUT2D eigenvalue weighted by atomic mass is 9.98. The van der Waals surface area contributed by atoms with Crippen LogP contribution in [0.4, 0.5) is 4.39 Å². The van der Waals surface area contributed by atoms with Crippen molar-refractivity contribution in [2.24, 2.45) is 5.92 Å². The number of carbonyl (C=O) groups is 1. The van der Waals surface area contributed by atoms with Crippen LogP contribution in [-0.4, -0.2) is 35.7 Å². The Labute approximate surface area is 144 Å². The number of hydrogen-bond acceptors (Lipinski definition) is 4. The van der Waals surface area contributed by atoms with Crippen LogP contribution in [0.5, 0.6) is 5.75 Å². The minimum atomic E-state index is -0.293. The number of hydrogen-bond donors (Lipinski definition) is 1. The molecule has 1 N–H and O–H groups in total. The van der Waals surface area contributed by atoms with Gasteiger partial charge in [0.25, 0.3) is 5.56 Å². The Bertz CT molecular complexity index is 753. The van der Waals surface area contributed by atoms with Crippen molar-refractivity contribution in [1.82, 2.24) is 10.1 Å². The average molecular weight is 348 g/mol. The van der Waals surface area contributed by atoms with Crippen LogP contribution in [-0.2, 0) is 11.2 Å². The standard InChI is InChI=1S/C18H21FN2O4/c19-14-3-5-15(6-4-14)24-12-13-2-1-9-21(11-13)18(23)8-7-16-10-17(22)20-25-16/h3-6,10,13H,1-2,7-9,11-12H2,(H,20,22)/t13-/m0/s1. The molecular formula is C18H21FN2O4. The molecule has 0 bridgehead atoms. The quantitative estimate of drug-likeness (QED) is 0.869. The molecule has 25 heavy (non-hydrogen) atoms. The molecule has 0 aliphatic carbocycles. The van der Waals surface area contributed by atoms with Crippen LogP contribution < -0.4 is 10.3 Å². The van der Waals surface area contributed by atoms with Gasteiger partial charge in [-0.2, -0.15) is 5.16 Å². The topological polar surface area (TPSA) is 75.5 Å². The molecule has 1 amide bonds. The van der Waals surface area contributed by atoms with E-state index >= 15 is 0 Å². The molecule has 1 aliphatic rings. The number of piperidine rings is 1. The van der Waals surface area contributed by atoms with Gasteiger partial charge < -0.3 is 14.2 Å². The number of H-pyrrole nitrogens is 1.